The molecule has 0 radical (unpaired) electrons. The molecule has 0 fully saturated rings. The lowest BCUT2D eigenvalue weighted by Crippen LogP contribution is -2.11. The molecule has 0 heterocycles. The van der Waals surface area contributed by atoms with Crippen LogP contribution in [0, 0.1) is 0 Å². The van der Waals surface area contributed by atoms with Gasteiger partial charge in [0.1, 0.15) is 0 Å². The summed E-state index contributed by atoms with van der Waals surface area (Å²) < 4.78 is 0. The molecule has 0 aliphatic heterocycles. The molecule has 1 heteroatoms. The van der Waals surface area contributed by atoms with Gasteiger partial charge < -0.3 is 4.90 Å². The maximum Gasteiger partial charge on any atom is 0.0169 e. The SMILES string of the molecule is CC=CN(C)CCCCC. The van der Waals surface area contributed by atoms with Gasteiger partial charge >= 0.3 is 0 Å². The summed E-state index contributed by atoms with van der Waals surface area (Å²) in [4.78, 5) is 2.23. The van der Waals surface area contributed by atoms with Gasteiger partial charge in [0.05, 0.1) is 0 Å². The van der Waals surface area contributed by atoms with Gasteiger partial charge in [-0.05, 0) is 19.5 Å². The van der Waals surface area contributed by atoms with Crippen molar-refractivity contribution in [3.8, 4) is 0 Å². The second-order valence-electron chi connectivity index (χ2n) is 2.67. The van der Waals surface area contributed by atoms with E-state index in [-0.39, 0.29) is 0 Å². The van der Waals surface area contributed by atoms with Crippen molar-refractivity contribution < 1.29 is 0 Å². The van der Waals surface area contributed by atoms with Crippen molar-refractivity contribution in [2.75, 3.05) is 13.6 Å². The van der Waals surface area contributed by atoms with E-state index in [1.807, 2.05) is 0 Å². The second kappa shape index (κ2) is 6.66. The van der Waals surface area contributed by atoms with Crippen LogP contribution in [0.25, 0.3) is 0 Å². The van der Waals surface area contributed by atoms with Crippen LogP contribution in [0.5, 0.6) is 0 Å². The summed E-state index contributed by atoms with van der Waals surface area (Å²) in [5.41, 5.74) is 0. The van der Waals surface area contributed by atoms with Crippen molar-refractivity contribution in [2.24, 2.45) is 0 Å². The number of hydrogen-bond donors (Lipinski definition) is 0. The zero-order valence-corrected chi connectivity index (χ0v) is 7.43. The molecule has 0 rings (SSSR count). The zero-order valence-electron chi connectivity index (χ0n) is 7.43. The van der Waals surface area contributed by atoms with Gasteiger partial charge in [-0.1, -0.05) is 25.8 Å². The van der Waals surface area contributed by atoms with Crippen LogP contribution in [-0.4, -0.2) is 18.5 Å². The van der Waals surface area contributed by atoms with E-state index < -0.39 is 0 Å². The smallest absolute Gasteiger partial charge is 0.0169 e. The fourth-order valence-electron chi connectivity index (χ4n) is 0.940. The van der Waals surface area contributed by atoms with Crippen LogP contribution in [-0.2, 0) is 0 Å². The number of unbranched alkanes of at least 4 members (excludes halogenated alkanes) is 2. The number of rotatable bonds is 5. The van der Waals surface area contributed by atoms with Crippen molar-refractivity contribution in [1.82, 2.24) is 4.90 Å². The van der Waals surface area contributed by atoms with Crippen molar-refractivity contribution in [3.63, 3.8) is 0 Å². The van der Waals surface area contributed by atoms with Crippen LogP contribution in [0.2, 0.25) is 0 Å². The van der Waals surface area contributed by atoms with Gasteiger partial charge in [0.2, 0.25) is 0 Å². The molecule has 1 nitrogen and oxygen atoms in total. The van der Waals surface area contributed by atoms with E-state index in [1.54, 1.807) is 0 Å². The highest BCUT2D eigenvalue weighted by atomic mass is 15.1. The van der Waals surface area contributed by atoms with Crippen LogP contribution >= 0.6 is 0 Å². The van der Waals surface area contributed by atoms with Gasteiger partial charge in [0, 0.05) is 13.6 Å². The third kappa shape index (κ3) is 5.67. The molecule has 0 aromatic rings. The normalized spacial score (nSPS) is 10.7. The fraction of sp³-hybridized carbons (Fsp3) is 0.778. The van der Waals surface area contributed by atoms with E-state index in [4.69, 9.17) is 0 Å². The predicted molar refractivity (Wildman–Crippen MR) is 47.0 cm³/mol. The lowest BCUT2D eigenvalue weighted by atomic mass is 10.2. The average molecular weight is 141 g/mol. The highest BCUT2D eigenvalue weighted by Gasteiger charge is 1.88. The topological polar surface area (TPSA) is 3.24 Å². The van der Waals surface area contributed by atoms with Crippen LogP contribution in [0.3, 0.4) is 0 Å². The van der Waals surface area contributed by atoms with Gasteiger partial charge in [-0.2, -0.15) is 0 Å². The van der Waals surface area contributed by atoms with E-state index in [2.05, 4.69) is 38.1 Å². The Bertz CT molecular complexity index is 86.7. The summed E-state index contributed by atoms with van der Waals surface area (Å²) in [5.74, 6) is 0. The van der Waals surface area contributed by atoms with Gasteiger partial charge in [-0.3, -0.25) is 0 Å². The van der Waals surface area contributed by atoms with E-state index in [0.29, 0.717) is 0 Å². The van der Waals surface area contributed by atoms with Gasteiger partial charge in [-0.25, -0.2) is 0 Å². The Balaban J connectivity index is 3.13. The Labute approximate surface area is 64.7 Å². The summed E-state index contributed by atoms with van der Waals surface area (Å²) >= 11 is 0. The summed E-state index contributed by atoms with van der Waals surface area (Å²) in [6, 6.07) is 0. The molecule has 0 aromatic heterocycles. The highest BCUT2D eigenvalue weighted by Crippen LogP contribution is 1.95. The molecule has 0 atom stereocenters. The minimum Gasteiger partial charge on any atom is -0.381 e. The Hall–Kier alpha value is -0.460. The van der Waals surface area contributed by atoms with Crippen LogP contribution in [0.4, 0.5) is 0 Å². The quantitative estimate of drug-likeness (QED) is 0.532. The van der Waals surface area contributed by atoms with Crippen molar-refractivity contribution in [1.29, 1.82) is 0 Å². The van der Waals surface area contributed by atoms with E-state index in [9.17, 15) is 0 Å². The predicted octanol–water partition coefficient (Wildman–Crippen LogP) is 2.64. The van der Waals surface area contributed by atoms with Gasteiger partial charge in [-0.15, -0.1) is 0 Å². The molecular weight excluding hydrogens is 122 g/mol. The first-order valence-corrected chi connectivity index (χ1v) is 4.14. The minimum absolute atomic E-state index is 1.19. The Morgan fingerprint density at radius 2 is 2.00 bits per heavy atom. The fourth-order valence-corrected chi connectivity index (χ4v) is 0.940. The Kier molecular flexibility index (Phi) is 6.35. The number of allylic oxidation sites excluding steroid dienone is 1. The monoisotopic (exact) mass is 141 g/mol. The summed E-state index contributed by atoms with van der Waals surface area (Å²) in [6.07, 6.45) is 8.17. The molecule has 0 saturated carbocycles. The lowest BCUT2D eigenvalue weighted by molar-refractivity contribution is 0.434. The summed E-state index contributed by atoms with van der Waals surface area (Å²) in [6.45, 7) is 5.48. The van der Waals surface area contributed by atoms with E-state index in [1.165, 1.54) is 25.8 Å². The van der Waals surface area contributed by atoms with Gasteiger partial charge in [0.25, 0.3) is 0 Å². The number of hydrogen-bond acceptors (Lipinski definition) is 1. The molecular formula is C9H19N. The molecule has 0 aromatic carbocycles. The zero-order chi connectivity index (χ0) is 7.82. The molecule has 0 spiro atoms. The first kappa shape index (κ1) is 9.54. The van der Waals surface area contributed by atoms with Crippen LogP contribution in [0.1, 0.15) is 33.1 Å². The highest BCUT2D eigenvalue weighted by molar-refractivity contribution is 4.75. The number of nitrogens with zero attached hydrogens (tertiary/aromatic N) is 1. The van der Waals surface area contributed by atoms with E-state index >= 15 is 0 Å². The Morgan fingerprint density at radius 1 is 1.30 bits per heavy atom. The molecule has 0 N–H and O–H groups in total. The molecule has 0 amide bonds. The van der Waals surface area contributed by atoms with E-state index in [0.717, 1.165) is 0 Å². The molecule has 0 saturated heterocycles. The standard InChI is InChI=1S/C9H19N/c1-4-6-7-9-10(3)8-5-2/h5,8H,4,6-7,9H2,1-3H3. The van der Waals surface area contributed by atoms with Gasteiger partial charge in [0.15, 0.2) is 0 Å². The van der Waals surface area contributed by atoms with Crippen molar-refractivity contribution in [2.45, 2.75) is 33.1 Å². The molecule has 0 aliphatic rings. The minimum atomic E-state index is 1.19. The molecule has 0 bridgehead atoms. The van der Waals surface area contributed by atoms with Crippen LogP contribution in [0.15, 0.2) is 12.3 Å². The summed E-state index contributed by atoms with van der Waals surface area (Å²) in [5, 5.41) is 0. The lowest BCUT2D eigenvalue weighted by Gasteiger charge is -2.12. The third-order valence-electron chi connectivity index (χ3n) is 1.52. The largest absolute Gasteiger partial charge is 0.381 e. The maximum absolute atomic E-state index is 2.23. The second-order valence-corrected chi connectivity index (χ2v) is 2.67. The maximum atomic E-state index is 2.23. The Morgan fingerprint density at radius 3 is 2.50 bits per heavy atom. The first-order chi connectivity index (χ1) is 4.81. The average Bonchev–Trinajstić information content (AvgIpc) is 1.89. The third-order valence-corrected chi connectivity index (χ3v) is 1.52. The van der Waals surface area contributed by atoms with Crippen molar-refractivity contribution >= 4 is 0 Å². The van der Waals surface area contributed by atoms with Crippen molar-refractivity contribution in [3.05, 3.63) is 12.3 Å². The molecule has 0 unspecified atom stereocenters. The molecule has 0 aliphatic carbocycles. The molecule has 60 valence electrons. The van der Waals surface area contributed by atoms with Crippen LogP contribution < -0.4 is 0 Å². The summed E-state index contributed by atoms with van der Waals surface area (Å²) in [7, 11) is 2.12. The molecule has 10 heavy (non-hydrogen) atoms. The first-order valence-electron chi connectivity index (χ1n) is 4.14.